The van der Waals surface area contributed by atoms with Crippen LogP contribution in [0.4, 0.5) is 0 Å². The molecule has 18 heavy (non-hydrogen) atoms. The highest BCUT2D eigenvalue weighted by Crippen LogP contribution is 2.38. The van der Waals surface area contributed by atoms with Gasteiger partial charge in [-0.05, 0) is 32.4 Å². The van der Waals surface area contributed by atoms with Crippen LogP contribution in [-0.4, -0.2) is 40.0 Å². The Hall–Kier alpha value is -1.36. The minimum atomic E-state index is -0.0574. The third kappa shape index (κ3) is 1.92. The second kappa shape index (κ2) is 4.39. The van der Waals surface area contributed by atoms with Crippen molar-refractivity contribution in [2.24, 2.45) is 12.5 Å². The number of hydrogen-bond acceptors (Lipinski definition) is 3. The summed E-state index contributed by atoms with van der Waals surface area (Å²) >= 11 is 0. The van der Waals surface area contributed by atoms with Crippen LogP contribution in [0.1, 0.15) is 25.1 Å². The van der Waals surface area contributed by atoms with Crippen LogP contribution in [0.5, 0.6) is 0 Å². The van der Waals surface area contributed by atoms with Gasteiger partial charge in [-0.2, -0.15) is 0 Å². The van der Waals surface area contributed by atoms with Gasteiger partial charge < -0.3 is 9.88 Å². The van der Waals surface area contributed by atoms with Crippen molar-refractivity contribution in [3.05, 3.63) is 18.2 Å². The Labute approximate surface area is 107 Å². The fourth-order valence-electron chi connectivity index (χ4n) is 3.08. The molecule has 2 aliphatic rings. The second-order valence-electron chi connectivity index (χ2n) is 5.52. The molecule has 2 fully saturated rings. The van der Waals surface area contributed by atoms with Gasteiger partial charge in [-0.1, -0.05) is 0 Å². The first-order valence-electron chi connectivity index (χ1n) is 6.66. The SMILES string of the molecule is Cn1ccnc1CN1CCC2(CCNC2=O)CC1. The van der Waals surface area contributed by atoms with Gasteiger partial charge in [0.15, 0.2) is 0 Å². The van der Waals surface area contributed by atoms with Crippen molar-refractivity contribution in [1.29, 1.82) is 0 Å². The molecule has 1 spiro atoms. The van der Waals surface area contributed by atoms with Crippen LogP contribution >= 0.6 is 0 Å². The summed E-state index contributed by atoms with van der Waals surface area (Å²) in [4.78, 5) is 18.6. The average molecular weight is 248 g/mol. The Morgan fingerprint density at radius 1 is 1.39 bits per heavy atom. The van der Waals surface area contributed by atoms with E-state index < -0.39 is 0 Å². The molecule has 2 aliphatic heterocycles. The van der Waals surface area contributed by atoms with Gasteiger partial charge in [0.1, 0.15) is 5.82 Å². The summed E-state index contributed by atoms with van der Waals surface area (Å²) < 4.78 is 2.06. The number of rotatable bonds is 2. The summed E-state index contributed by atoms with van der Waals surface area (Å²) in [6.07, 6.45) is 6.81. The summed E-state index contributed by atoms with van der Waals surface area (Å²) in [7, 11) is 2.03. The lowest BCUT2D eigenvalue weighted by atomic mass is 9.77. The van der Waals surface area contributed by atoms with Gasteiger partial charge in [-0.3, -0.25) is 9.69 Å². The topological polar surface area (TPSA) is 50.2 Å². The van der Waals surface area contributed by atoms with Crippen molar-refractivity contribution >= 4 is 5.91 Å². The standard InChI is InChI=1S/C13H20N4O/c1-16-9-6-14-11(16)10-17-7-3-13(4-8-17)2-5-15-12(13)18/h6,9H,2-5,7-8,10H2,1H3,(H,15,18). The van der Waals surface area contributed by atoms with E-state index in [1.807, 2.05) is 19.4 Å². The molecular weight excluding hydrogens is 228 g/mol. The molecule has 1 amide bonds. The number of aromatic nitrogens is 2. The molecule has 3 rings (SSSR count). The number of piperidine rings is 1. The molecule has 2 saturated heterocycles. The van der Waals surface area contributed by atoms with Crippen molar-refractivity contribution in [1.82, 2.24) is 19.8 Å². The Kier molecular flexibility index (Phi) is 2.86. The second-order valence-corrected chi connectivity index (χ2v) is 5.52. The van der Waals surface area contributed by atoms with Crippen LogP contribution in [-0.2, 0) is 18.4 Å². The minimum absolute atomic E-state index is 0.0574. The average Bonchev–Trinajstić information content (AvgIpc) is 2.92. The van der Waals surface area contributed by atoms with Gasteiger partial charge >= 0.3 is 0 Å². The highest BCUT2D eigenvalue weighted by Gasteiger charge is 2.44. The predicted molar refractivity (Wildman–Crippen MR) is 67.8 cm³/mol. The lowest BCUT2D eigenvalue weighted by Crippen LogP contribution is -2.43. The molecular formula is C13H20N4O. The van der Waals surface area contributed by atoms with E-state index in [-0.39, 0.29) is 11.3 Å². The molecule has 1 N–H and O–H groups in total. The number of likely N-dealkylation sites (tertiary alicyclic amines) is 1. The maximum Gasteiger partial charge on any atom is 0.226 e. The normalized spacial score (nSPS) is 23.5. The molecule has 0 aliphatic carbocycles. The first-order valence-corrected chi connectivity index (χ1v) is 6.66. The highest BCUT2D eigenvalue weighted by atomic mass is 16.2. The van der Waals surface area contributed by atoms with Gasteiger partial charge in [0.25, 0.3) is 0 Å². The zero-order chi connectivity index (χ0) is 12.6. The van der Waals surface area contributed by atoms with Crippen LogP contribution in [0, 0.1) is 5.41 Å². The van der Waals surface area contributed by atoms with E-state index in [0.29, 0.717) is 0 Å². The Morgan fingerprint density at radius 2 is 2.17 bits per heavy atom. The van der Waals surface area contributed by atoms with Gasteiger partial charge in [0, 0.05) is 26.0 Å². The van der Waals surface area contributed by atoms with E-state index in [9.17, 15) is 4.79 Å². The Balaban J connectivity index is 1.60. The lowest BCUT2D eigenvalue weighted by Gasteiger charge is -2.37. The molecule has 0 atom stereocenters. The number of nitrogens with zero attached hydrogens (tertiary/aromatic N) is 3. The van der Waals surface area contributed by atoms with E-state index in [2.05, 4.69) is 19.8 Å². The molecule has 3 heterocycles. The molecule has 98 valence electrons. The molecule has 0 radical (unpaired) electrons. The van der Waals surface area contributed by atoms with Crippen molar-refractivity contribution in [2.75, 3.05) is 19.6 Å². The van der Waals surface area contributed by atoms with Gasteiger partial charge in [-0.15, -0.1) is 0 Å². The summed E-state index contributed by atoms with van der Waals surface area (Å²) in [6.45, 7) is 3.75. The first kappa shape index (κ1) is 11.7. The summed E-state index contributed by atoms with van der Waals surface area (Å²) in [5, 5.41) is 2.98. The fourth-order valence-corrected chi connectivity index (χ4v) is 3.08. The molecule has 1 aromatic heterocycles. The number of carbonyl (C=O) groups is 1. The maximum atomic E-state index is 11.9. The third-order valence-electron chi connectivity index (χ3n) is 4.47. The van der Waals surface area contributed by atoms with Crippen LogP contribution in [0.2, 0.25) is 0 Å². The maximum absolute atomic E-state index is 11.9. The highest BCUT2D eigenvalue weighted by molar-refractivity contribution is 5.84. The van der Waals surface area contributed by atoms with Crippen molar-refractivity contribution in [2.45, 2.75) is 25.8 Å². The monoisotopic (exact) mass is 248 g/mol. The number of hydrogen-bond donors (Lipinski definition) is 1. The summed E-state index contributed by atoms with van der Waals surface area (Å²) in [5.41, 5.74) is -0.0574. The van der Waals surface area contributed by atoms with Crippen molar-refractivity contribution in [3.63, 3.8) is 0 Å². The number of nitrogens with one attached hydrogen (secondary N) is 1. The summed E-state index contributed by atoms with van der Waals surface area (Å²) in [6, 6.07) is 0. The quantitative estimate of drug-likeness (QED) is 0.830. The Bertz CT molecular complexity index is 446. The van der Waals surface area contributed by atoms with Crippen molar-refractivity contribution < 1.29 is 4.79 Å². The third-order valence-corrected chi connectivity index (χ3v) is 4.47. The largest absolute Gasteiger partial charge is 0.356 e. The molecule has 5 heteroatoms. The summed E-state index contributed by atoms with van der Waals surface area (Å²) in [5.74, 6) is 1.38. The fraction of sp³-hybridized carbons (Fsp3) is 0.692. The van der Waals surface area contributed by atoms with Gasteiger partial charge in [-0.25, -0.2) is 4.98 Å². The molecule has 5 nitrogen and oxygen atoms in total. The number of amides is 1. The van der Waals surface area contributed by atoms with Crippen LogP contribution in [0.3, 0.4) is 0 Å². The lowest BCUT2D eigenvalue weighted by molar-refractivity contribution is -0.130. The Morgan fingerprint density at radius 3 is 2.72 bits per heavy atom. The number of imidazole rings is 1. The van der Waals surface area contributed by atoms with Crippen molar-refractivity contribution in [3.8, 4) is 0 Å². The number of aryl methyl sites for hydroxylation is 1. The molecule has 0 aromatic carbocycles. The van der Waals surface area contributed by atoms with Crippen LogP contribution in [0.25, 0.3) is 0 Å². The van der Waals surface area contributed by atoms with Crippen LogP contribution < -0.4 is 5.32 Å². The molecule has 1 aromatic rings. The van der Waals surface area contributed by atoms with E-state index >= 15 is 0 Å². The van der Waals surface area contributed by atoms with Gasteiger partial charge in [0.2, 0.25) is 5.91 Å². The van der Waals surface area contributed by atoms with E-state index in [1.54, 1.807) is 0 Å². The first-order chi connectivity index (χ1) is 8.70. The smallest absolute Gasteiger partial charge is 0.226 e. The molecule has 0 unspecified atom stereocenters. The van der Waals surface area contributed by atoms with E-state index in [0.717, 1.165) is 51.3 Å². The minimum Gasteiger partial charge on any atom is -0.356 e. The predicted octanol–water partition coefficient (Wildman–Crippen LogP) is 0.522. The van der Waals surface area contributed by atoms with E-state index in [4.69, 9.17) is 0 Å². The molecule has 0 bridgehead atoms. The zero-order valence-corrected chi connectivity index (χ0v) is 10.9. The number of carbonyl (C=O) groups excluding carboxylic acids is 1. The zero-order valence-electron chi connectivity index (χ0n) is 10.9. The van der Waals surface area contributed by atoms with Gasteiger partial charge in [0.05, 0.1) is 12.0 Å². The van der Waals surface area contributed by atoms with E-state index in [1.165, 1.54) is 0 Å². The van der Waals surface area contributed by atoms with Crippen LogP contribution in [0.15, 0.2) is 12.4 Å². The molecule has 0 saturated carbocycles.